The van der Waals surface area contributed by atoms with Crippen LogP contribution in [-0.2, 0) is 0 Å². The number of ether oxygens (including phenoxy) is 3. The number of aromatic nitrogens is 2. The van der Waals surface area contributed by atoms with E-state index in [-0.39, 0.29) is 10.4 Å². The van der Waals surface area contributed by atoms with E-state index in [0.717, 1.165) is 0 Å². The summed E-state index contributed by atoms with van der Waals surface area (Å²) in [5, 5.41) is 12.0. The molecule has 0 fully saturated rings. The van der Waals surface area contributed by atoms with Gasteiger partial charge in [-0.05, 0) is 46.9 Å². The highest BCUT2D eigenvalue weighted by Crippen LogP contribution is 2.35. The number of halogens is 5. The van der Waals surface area contributed by atoms with Gasteiger partial charge in [0, 0.05) is 35.3 Å². The summed E-state index contributed by atoms with van der Waals surface area (Å²) >= 11 is 13.5. The molecule has 0 radical (unpaired) electrons. The minimum absolute atomic E-state index is 0.0647. The number of phenolic OH excluding ortho intramolecular Hbond substituents is 1. The zero-order valence-electron chi connectivity index (χ0n) is 17.5. The number of aromatic hydroxyl groups is 1. The molecule has 1 N–H and O–H groups in total. The van der Waals surface area contributed by atoms with Crippen LogP contribution in [0.5, 0.6) is 23.0 Å². The molecule has 2 aromatic heterocycles. The van der Waals surface area contributed by atoms with Crippen molar-refractivity contribution in [2.75, 3.05) is 25.8 Å². The largest absolute Gasteiger partial charge is 0.504 e. The second-order valence-electron chi connectivity index (χ2n) is 6.00. The highest BCUT2D eigenvalue weighted by Gasteiger charge is 2.09. The molecule has 0 atom stereocenters. The third kappa shape index (κ3) is 7.05. The monoisotopic (exact) mass is 610 g/mol. The lowest BCUT2D eigenvalue weighted by Gasteiger charge is -2.09. The Kier molecular flexibility index (Phi) is 10.9. The van der Waals surface area contributed by atoms with Gasteiger partial charge in [0.15, 0.2) is 23.0 Å². The van der Waals surface area contributed by atoms with Gasteiger partial charge in [0.2, 0.25) is 6.86 Å². The normalized spacial score (nSPS) is 10.0. The predicted octanol–water partition coefficient (Wildman–Crippen LogP) is 7.15. The van der Waals surface area contributed by atoms with E-state index in [9.17, 15) is 13.9 Å². The standard InChI is InChI=1S/C11H9ClFNO2.C10H8ClNO2.CH2FI/c1-15-10-5-9-7(4-11(10)16-6-13)8(12)2-3-14-9;1-14-10-5-8-6(4-9(10)13)7(11)2-3-12-8;2-1-3/h2-5H,6H2,1H3;2-5,13H,1H3;1H2. The third-order valence-corrected chi connectivity index (χ3v) is 4.83. The lowest BCUT2D eigenvalue weighted by atomic mass is 10.2. The molecular formula is C22H19Cl2F2IN2O4. The molecule has 0 bridgehead atoms. The maximum absolute atomic E-state index is 12.2. The summed E-state index contributed by atoms with van der Waals surface area (Å²) < 4.78 is 37.0. The topological polar surface area (TPSA) is 73.7 Å². The molecule has 11 heteroatoms. The van der Waals surface area contributed by atoms with Crippen molar-refractivity contribution in [3.05, 3.63) is 58.8 Å². The van der Waals surface area contributed by atoms with E-state index in [4.69, 9.17) is 37.4 Å². The summed E-state index contributed by atoms with van der Waals surface area (Å²) in [5.74, 6) is 1.20. The smallest absolute Gasteiger partial charge is 0.228 e. The van der Waals surface area contributed by atoms with Crippen LogP contribution in [0.3, 0.4) is 0 Å². The first-order valence-corrected chi connectivity index (χ1v) is 11.4. The predicted molar refractivity (Wildman–Crippen MR) is 135 cm³/mol. The fourth-order valence-electron chi connectivity index (χ4n) is 2.74. The minimum atomic E-state index is -0.917. The van der Waals surface area contributed by atoms with Crippen LogP contribution in [-0.4, -0.2) is 40.8 Å². The maximum Gasteiger partial charge on any atom is 0.228 e. The molecule has 2 heterocycles. The van der Waals surface area contributed by atoms with Crippen molar-refractivity contribution in [3.63, 3.8) is 0 Å². The number of rotatable bonds is 4. The van der Waals surface area contributed by atoms with Gasteiger partial charge in [-0.1, -0.05) is 23.2 Å². The molecule has 6 nitrogen and oxygen atoms in total. The van der Waals surface area contributed by atoms with Crippen LogP contribution in [0.25, 0.3) is 21.8 Å². The lowest BCUT2D eigenvalue weighted by Crippen LogP contribution is -1.95. The summed E-state index contributed by atoms with van der Waals surface area (Å²) in [4.78, 5) is 8.25. The number of pyridine rings is 2. The Morgan fingerprint density at radius 1 is 0.848 bits per heavy atom. The molecule has 0 aliphatic heterocycles. The van der Waals surface area contributed by atoms with Crippen LogP contribution in [0.2, 0.25) is 10.0 Å². The molecule has 33 heavy (non-hydrogen) atoms. The van der Waals surface area contributed by atoms with E-state index in [1.165, 1.54) is 14.2 Å². The van der Waals surface area contributed by atoms with E-state index in [0.29, 0.717) is 49.1 Å². The van der Waals surface area contributed by atoms with Crippen molar-refractivity contribution in [1.29, 1.82) is 0 Å². The Hall–Kier alpha value is -2.37. The van der Waals surface area contributed by atoms with Gasteiger partial charge in [-0.15, -0.1) is 0 Å². The highest BCUT2D eigenvalue weighted by molar-refractivity contribution is 14.1. The van der Waals surface area contributed by atoms with E-state index in [1.807, 2.05) is 0 Å². The fourth-order valence-corrected chi connectivity index (χ4v) is 3.16. The van der Waals surface area contributed by atoms with Gasteiger partial charge in [0.05, 0.1) is 35.3 Å². The van der Waals surface area contributed by atoms with Crippen molar-refractivity contribution in [2.45, 2.75) is 0 Å². The first-order chi connectivity index (χ1) is 15.9. The Bertz CT molecular complexity index is 1220. The maximum atomic E-state index is 12.2. The molecule has 0 aliphatic rings. The first kappa shape index (κ1) is 26.9. The molecule has 0 saturated heterocycles. The molecule has 0 saturated carbocycles. The van der Waals surface area contributed by atoms with Crippen molar-refractivity contribution >= 4 is 67.6 Å². The second kappa shape index (κ2) is 13.4. The zero-order valence-corrected chi connectivity index (χ0v) is 21.2. The Labute approximate surface area is 212 Å². The lowest BCUT2D eigenvalue weighted by molar-refractivity contribution is 0.185. The van der Waals surface area contributed by atoms with Crippen molar-refractivity contribution in [2.24, 2.45) is 0 Å². The molecule has 0 unspecified atom stereocenters. The molecular weight excluding hydrogens is 592 g/mol. The average molecular weight is 611 g/mol. The summed E-state index contributed by atoms with van der Waals surface area (Å²) in [6.07, 6.45) is 3.21. The number of nitrogens with zero attached hydrogens (tertiary/aromatic N) is 2. The number of alkyl halides is 3. The van der Waals surface area contributed by atoms with E-state index in [2.05, 4.69) is 9.97 Å². The van der Waals surface area contributed by atoms with Crippen molar-refractivity contribution in [1.82, 2.24) is 9.97 Å². The average Bonchev–Trinajstić information content (AvgIpc) is 2.81. The Balaban J connectivity index is 0.000000210. The van der Waals surface area contributed by atoms with Crippen molar-refractivity contribution < 1.29 is 28.1 Å². The minimum Gasteiger partial charge on any atom is -0.504 e. The van der Waals surface area contributed by atoms with Crippen LogP contribution in [0.1, 0.15) is 0 Å². The van der Waals surface area contributed by atoms with Gasteiger partial charge in [0.1, 0.15) is 4.68 Å². The SMILES string of the molecule is COc1cc2nccc(Cl)c2cc1O.COc1cc2nccc(Cl)c2cc1OCF.FCI. The van der Waals surface area contributed by atoms with Gasteiger partial charge >= 0.3 is 0 Å². The number of fused-ring (bicyclic) bond motifs is 2. The summed E-state index contributed by atoms with van der Waals surface area (Å²) in [6.45, 7) is -0.917. The Morgan fingerprint density at radius 2 is 1.33 bits per heavy atom. The second-order valence-corrected chi connectivity index (χ2v) is 7.39. The third-order valence-electron chi connectivity index (χ3n) is 4.17. The van der Waals surface area contributed by atoms with E-state index < -0.39 is 6.86 Å². The van der Waals surface area contributed by atoms with Gasteiger partial charge in [-0.2, -0.15) is 0 Å². The fraction of sp³-hybridized carbons (Fsp3) is 0.182. The summed E-state index contributed by atoms with van der Waals surface area (Å²) in [7, 11) is 2.97. The molecule has 4 aromatic rings. The van der Waals surface area contributed by atoms with E-state index >= 15 is 0 Å². The van der Waals surface area contributed by atoms with Crippen molar-refractivity contribution in [3.8, 4) is 23.0 Å². The van der Waals surface area contributed by atoms with Crippen LogP contribution in [0, 0.1) is 0 Å². The van der Waals surface area contributed by atoms with Crippen LogP contribution in [0.15, 0.2) is 48.8 Å². The molecule has 176 valence electrons. The van der Waals surface area contributed by atoms with Gasteiger partial charge in [0.25, 0.3) is 0 Å². The molecule has 0 spiro atoms. The van der Waals surface area contributed by atoms with Crippen LogP contribution < -0.4 is 14.2 Å². The van der Waals surface area contributed by atoms with Crippen LogP contribution in [0.4, 0.5) is 8.78 Å². The number of methoxy groups -OCH3 is 2. The van der Waals surface area contributed by atoms with Crippen LogP contribution >= 0.6 is 45.8 Å². The number of hydrogen-bond donors (Lipinski definition) is 1. The zero-order chi connectivity index (χ0) is 24.4. The van der Waals surface area contributed by atoms with Gasteiger partial charge in [-0.3, -0.25) is 9.97 Å². The molecule has 0 amide bonds. The van der Waals surface area contributed by atoms with E-state index in [1.54, 1.807) is 71.4 Å². The van der Waals surface area contributed by atoms with Gasteiger partial charge < -0.3 is 19.3 Å². The first-order valence-electron chi connectivity index (χ1n) is 9.14. The highest BCUT2D eigenvalue weighted by atomic mass is 127. The molecule has 2 aromatic carbocycles. The summed E-state index contributed by atoms with van der Waals surface area (Å²) in [6, 6.07) is 9.81. The molecule has 4 rings (SSSR count). The molecule has 0 aliphatic carbocycles. The number of benzene rings is 2. The Morgan fingerprint density at radius 3 is 1.82 bits per heavy atom. The quantitative estimate of drug-likeness (QED) is 0.195. The number of hydrogen-bond acceptors (Lipinski definition) is 6. The number of phenols is 1. The summed E-state index contributed by atoms with van der Waals surface area (Å²) in [5.41, 5.74) is 1.38. The van der Waals surface area contributed by atoms with Gasteiger partial charge in [-0.25, -0.2) is 8.78 Å².